The first kappa shape index (κ1) is 12.6. The summed E-state index contributed by atoms with van der Waals surface area (Å²) in [6.45, 7) is 0. The van der Waals surface area contributed by atoms with Crippen LogP contribution in [0.25, 0.3) is 0 Å². The van der Waals surface area contributed by atoms with Gasteiger partial charge in [0.25, 0.3) is 0 Å². The lowest BCUT2D eigenvalue weighted by Gasteiger charge is -2.03. The van der Waals surface area contributed by atoms with Crippen LogP contribution in [0.5, 0.6) is 0 Å². The molecule has 0 aliphatic rings. The molecule has 0 saturated heterocycles. The van der Waals surface area contributed by atoms with Gasteiger partial charge in [-0.2, -0.15) is 0 Å². The van der Waals surface area contributed by atoms with Crippen LogP contribution in [0.15, 0.2) is 24.3 Å². The van der Waals surface area contributed by atoms with E-state index in [2.05, 4.69) is 16.6 Å². The molecule has 0 unspecified atom stereocenters. The number of methoxy groups -OCH3 is 1. The fourth-order valence-corrected chi connectivity index (χ4v) is 1.39. The van der Waals surface area contributed by atoms with Crippen molar-refractivity contribution in [3.05, 3.63) is 35.4 Å². The number of rotatable bonds is 3. The van der Waals surface area contributed by atoms with E-state index in [1.807, 2.05) is 24.3 Å². The SMILES string of the molecule is COC(=O)CCc1ccccc1C#CCCl. The van der Waals surface area contributed by atoms with Gasteiger partial charge in [-0.05, 0) is 18.1 Å². The van der Waals surface area contributed by atoms with Crippen molar-refractivity contribution in [2.75, 3.05) is 13.0 Å². The summed E-state index contributed by atoms with van der Waals surface area (Å²) in [6.07, 6.45) is 1.01. The molecule has 0 N–H and O–H groups in total. The Kier molecular flexibility index (Phi) is 5.45. The van der Waals surface area contributed by atoms with E-state index in [0.29, 0.717) is 18.7 Å². The molecule has 0 bridgehead atoms. The topological polar surface area (TPSA) is 26.3 Å². The molecule has 2 nitrogen and oxygen atoms in total. The molecule has 0 saturated carbocycles. The number of hydrogen-bond donors (Lipinski definition) is 0. The Morgan fingerprint density at radius 1 is 1.44 bits per heavy atom. The van der Waals surface area contributed by atoms with Gasteiger partial charge < -0.3 is 4.74 Å². The van der Waals surface area contributed by atoms with Crippen molar-refractivity contribution in [2.45, 2.75) is 12.8 Å². The summed E-state index contributed by atoms with van der Waals surface area (Å²) in [4.78, 5) is 11.0. The second kappa shape index (κ2) is 6.92. The normalized spacial score (nSPS) is 9.12. The van der Waals surface area contributed by atoms with E-state index in [-0.39, 0.29) is 5.97 Å². The molecule has 16 heavy (non-hydrogen) atoms. The Bertz CT molecular complexity index is 415. The molecule has 0 amide bonds. The van der Waals surface area contributed by atoms with E-state index in [1.54, 1.807) is 0 Å². The molecule has 0 fully saturated rings. The van der Waals surface area contributed by atoms with Crippen LogP contribution >= 0.6 is 11.6 Å². The van der Waals surface area contributed by atoms with E-state index in [4.69, 9.17) is 11.6 Å². The van der Waals surface area contributed by atoms with Gasteiger partial charge in [-0.3, -0.25) is 4.79 Å². The predicted octanol–water partition coefficient (Wildman–Crippen LogP) is 2.38. The van der Waals surface area contributed by atoms with Crippen LogP contribution in [0.1, 0.15) is 17.5 Å². The molecule has 0 radical (unpaired) electrons. The number of ether oxygens (including phenoxy) is 1. The highest BCUT2D eigenvalue weighted by molar-refractivity contribution is 6.19. The molecule has 0 aliphatic heterocycles. The number of benzene rings is 1. The molecule has 0 heterocycles. The number of hydrogen-bond acceptors (Lipinski definition) is 2. The van der Waals surface area contributed by atoms with Crippen molar-refractivity contribution in [1.29, 1.82) is 0 Å². The van der Waals surface area contributed by atoms with Gasteiger partial charge in [0.2, 0.25) is 0 Å². The third kappa shape index (κ3) is 3.96. The van der Waals surface area contributed by atoms with Crippen molar-refractivity contribution in [3.8, 4) is 11.8 Å². The highest BCUT2D eigenvalue weighted by Crippen LogP contribution is 2.10. The third-order valence-corrected chi connectivity index (χ3v) is 2.27. The largest absolute Gasteiger partial charge is 0.469 e. The summed E-state index contributed by atoms with van der Waals surface area (Å²) in [5.74, 6) is 5.88. The molecule has 0 aliphatic carbocycles. The summed E-state index contributed by atoms with van der Waals surface area (Å²) in [7, 11) is 1.39. The van der Waals surface area contributed by atoms with Crippen molar-refractivity contribution in [1.82, 2.24) is 0 Å². The van der Waals surface area contributed by atoms with Crippen LogP contribution in [0.4, 0.5) is 0 Å². The second-order valence-corrected chi connectivity index (χ2v) is 3.44. The average Bonchev–Trinajstić information content (AvgIpc) is 2.34. The quantitative estimate of drug-likeness (QED) is 0.458. The van der Waals surface area contributed by atoms with Crippen LogP contribution in [0.3, 0.4) is 0 Å². The monoisotopic (exact) mass is 236 g/mol. The Hall–Kier alpha value is -1.46. The first-order chi connectivity index (χ1) is 7.77. The maximum Gasteiger partial charge on any atom is 0.305 e. The van der Waals surface area contributed by atoms with Crippen molar-refractivity contribution >= 4 is 17.6 Å². The molecule has 1 aromatic carbocycles. The van der Waals surface area contributed by atoms with Crippen LogP contribution in [-0.4, -0.2) is 19.0 Å². The lowest BCUT2D eigenvalue weighted by Crippen LogP contribution is -2.02. The fraction of sp³-hybridized carbons (Fsp3) is 0.308. The van der Waals surface area contributed by atoms with E-state index >= 15 is 0 Å². The smallest absolute Gasteiger partial charge is 0.305 e. The number of halogens is 1. The van der Waals surface area contributed by atoms with Gasteiger partial charge in [0, 0.05) is 12.0 Å². The van der Waals surface area contributed by atoms with Crippen LogP contribution in [0.2, 0.25) is 0 Å². The molecule has 3 heteroatoms. The molecular formula is C13H13ClO2. The number of carbonyl (C=O) groups excluding carboxylic acids is 1. The minimum Gasteiger partial charge on any atom is -0.469 e. The summed E-state index contributed by atoms with van der Waals surface area (Å²) < 4.78 is 4.60. The van der Waals surface area contributed by atoms with Gasteiger partial charge in [0.15, 0.2) is 0 Å². The number of carbonyl (C=O) groups is 1. The van der Waals surface area contributed by atoms with E-state index in [9.17, 15) is 4.79 Å². The minimum absolute atomic E-state index is 0.208. The number of alkyl halides is 1. The van der Waals surface area contributed by atoms with Crippen molar-refractivity contribution in [2.24, 2.45) is 0 Å². The average molecular weight is 237 g/mol. The van der Waals surface area contributed by atoms with Gasteiger partial charge in [0.1, 0.15) is 0 Å². The summed E-state index contributed by atoms with van der Waals surface area (Å²) in [5.41, 5.74) is 1.97. The summed E-state index contributed by atoms with van der Waals surface area (Å²) in [6, 6.07) is 7.73. The van der Waals surface area contributed by atoms with Gasteiger partial charge >= 0.3 is 5.97 Å². The van der Waals surface area contributed by atoms with Crippen molar-refractivity contribution in [3.63, 3.8) is 0 Å². The number of esters is 1. The first-order valence-electron chi connectivity index (χ1n) is 4.97. The Labute approximate surface area is 101 Å². The second-order valence-electron chi connectivity index (χ2n) is 3.17. The third-order valence-electron chi connectivity index (χ3n) is 2.13. The predicted molar refractivity (Wildman–Crippen MR) is 64.4 cm³/mol. The number of aryl methyl sites for hydroxylation is 1. The first-order valence-corrected chi connectivity index (χ1v) is 5.51. The molecule has 1 aromatic rings. The zero-order valence-electron chi connectivity index (χ0n) is 9.13. The zero-order chi connectivity index (χ0) is 11.8. The van der Waals surface area contributed by atoms with Gasteiger partial charge in [-0.1, -0.05) is 30.0 Å². The van der Waals surface area contributed by atoms with Gasteiger partial charge in [-0.15, -0.1) is 11.6 Å². The van der Waals surface area contributed by atoms with Crippen LogP contribution in [0, 0.1) is 11.8 Å². The molecular weight excluding hydrogens is 224 g/mol. The standard InChI is InChI=1S/C13H13ClO2/c1-16-13(15)9-8-12-6-3-2-5-11(12)7-4-10-14/h2-3,5-6H,8-10H2,1H3. The Morgan fingerprint density at radius 3 is 2.88 bits per heavy atom. The Balaban J connectivity index is 2.75. The Morgan fingerprint density at radius 2 is 2.19 bits per heavy atom. The molecule has 1 rings (SSSR count). The lowest BCUT2D eigenvalue weighted by molar-refractivity contribution is -0.140. The highest BCUT2D eigenvalue weighted by atomic mass is 35.5. The minimum atomic E-state index is -0.208. The maximum absolute atomic E-state index is 11.0. The van der Waals surface area contributed by atoms with Crippen LogP contribution in [-0.2, 0) is 16.0 Å². The lowest BCUT2D eigenvalue weighted by atomic mass is 10.0. The van der Waals surface area contributed by atoms with Gasteiger partial charge in [-0.25, -0.2) is 0 Å². The maximum atomic E-state index is 11.0. The van der Waals surface area contributed by atoms with Crippen LogP contribution < -0.4 is 0 Å². The molecule has 0 atom stereocenters. The molecule has 84 valence electrons. The van der Waals surface area contributed by atoms with E-state index in [1.165, 1.54) is 7.11 Å². The zero-order valence-corrected chi connectivity index (χ0v) is 9.88. The highest BCUT2D eigenvalue weighted by Gasteiger charge is 2.03. The fourth-order valence-electron chi connectivity index (χ4n) is 1.33. The molecule has 0 spiro atoms. The van der Waals surface area contributed by atoms with Gasteiger partial charge in [0.05, 0.1) is 13.0 Å². The summed E-state index contributed by atoms with van der Waals surface area (Å²) in [5, 5.41) is 0. The van der Waals surface area contributed by atoms with E-state index < -0.39 is 0 Å². The van der Waals surface area contributed by atoms with E-state index in [0.717, 1.165) is 11.1 Å². The molecule has 0 aromatic heterocycles. The van der Waals surface area contributed by atoms with Crippen molar-refractivity contribution < 1.29 is 9.53 Å². The summed E-state index contributed by atoms with van der Waals surface area (Å²) >= 11 is 5.51.